The van der Waals surface area contributed by atoms with Crippen LogP contribution in [0.1, 0.15) is 31.9 Å². The molecule has 2 rings (SSSR count). The van der Waals surface area contributed by atoms with Gasteiger partial charge >= 0.3 is 0 Å². The molecule has 0 aliphatic carbocycles. The normalized spacial score (nSPS) is 18.1. The summed E-state index contributed by atoms with van der Waals surface area (Å²) in [4.78, 5) is 2.34. The van der Waals surface area contributed by atoms with Gasteiger partial charge in [0.05, 0.1) is 6.10 Å². The number of rotatable bonds is 4. The van der Waals surface area contributed by atoms with Crippen molar-refractivity contribution in [2.45, 2.75) is 45.4 Å². The van der Waals surface area contributed by atoms with Gasteiger partial charge in [-0.05, 0) is 38.3 Å². The van der Waals surface area contributed by atoms with E-state index in [2.05, 4.69) is 55.3 Å². The molecule has 1 aromatic rings. The van der Waals surface area contributed by atoms with E-state index in [9.17, 15) is 5.11 Å². The molecule has 3 heteroatoms. The summed E-state index contributed by atoms with van der Waals surface area (Å²) in [6.45, 7) is 9.77. The number of hydrogen-bond donors (Lipinski definition) is 2. The minimum atomic E-state index is -0.301. The minimum Gasteiger partial charge on any atom is -0.390 e. The molecule has 1 heterocycles. The average Bonchev–Trinajstić information content (AvgIpc) is 2.35. The van der Waals surface area contributed by atoms with E-state index in [0.29, 0.717) is 6.54 Å². The Morgan fingerprint density at radius 2 is 1.95 bits per heavy atom. The van der Waals surface area contributed by atoms with Crippen LogP contribution in [0, 0.1) is 0 Å². The number of hydrogen-bond acceptors (Lipinski definition) is 3. The van der Waals surface area contributed by atoms with Gasteiger partial charge in [0.25, 0.3) is 0 Å². The van der Waals surface area contributed by atoms with Crippen LogP contribution in [0.4, 0.5) is 0 Å². The molecule has 0 fully saturated rings. The van der Waals surface area contributed by atoms with Gasteiger partial charge in [0.15, 0.2) is 0 Å². The topological polar surface area (TPSA) is 35.5 Å². The van der Waals surface area contributed by atoms with Crippen molar-refractivity contribution in [3.8, 4) is 0 Å². The number of β-amino-alcohol motifs (C(OH)–C–C–N with tert-alkyl or cyclic N) is 1. The Kier molecular flexibility index (Phi) is 4.61. The lowest BCUT2D eigenvalue weighted by Gasteiger charge is -2.31. The van der Waals surface area contributed by atoms with Gasteiger partial charge in [-0.3, -0.25) is 4.90 Å². The van der Waals surface area contributed by atoms with Crippen LogP contribution < -0.4 is 5.32 Å². The van der Waals surface area contributed by atoms with Crippen molar-refractivity contribution >= 4 is 0 Å². The van der Waals surface area contributed by atoms with Crippen molar-refractivity contribution in [2.75, 3.05) is 19.6 Å². The third-order valence-electron chi connectivity index (χ3n) is 3.55. The summed E-state index contributed by atoms with van der Waals surface area (Å²) in [5.74, 6) is 0. The first-order valence-corrected chi connectivity index (χ1v) is 7.16. The molecule has 0 amide bonds. The van der Waals surface area contributed by atoms with Crippen molar-refractivity contribution < 1.29 is 5.11 Å². The lowest BCUT2D eigenvalue weighted by atomic mass is 10.00. The lowest BCUT2D eigenvalue weighted by Crippen LogP contribution is -2.45. The summed E-state index contributed by atoms with van der Waals surface area (Å²) >= 11 is 0. The van der Waals surface area contributed by atoms with Crippen molar-refractivity contribution in [3.63, 3.8) is 0 Å². The number of fused-ring (bicyclic) bond motifs is 1. The van der Waals surface area contributed by atoms with Crippen LogP contribution in [0.25, 0.3) is 0 Å². The van der Waals surface area contributed by atoms with Crippen LogP contribution in [-0.4, -0.2) is 41.3 Å². The highest BCUT2D eigenvalue weighted by Gasteiger charge is 2.19. The fourth-order valence-corrected chi connectivity index (χ4v) is 2.50. The number of benzene rings is 1. The molecule has 1 unspecified atom stereocenters. The number of aliphatic hydroxyl groups is 1. The quantitative estimate of drug-likeness (QED) is 0.868. The smallest absolute Gasteiger partial charge is 0.0791 e. The molecule has 0 spiro atoms. The first-order chi connectivity index (χ1) is 8.94. The van der Waals surface area contributed by atoms with E-state index in [-0.39, 0.29) is 11.6 Å². The third-order valence-corrected chi connectivity index (χ3v) is 3.55. The zero-order chi connectivity index (χ0) is 13.9. The number of nitrogens with one attached hydrogen (secondary N) is 1. The SMILES string of the molecule is CC(C)(C)NCC(O)CN1CCc2ccccc2C1. The van der Waals surface area contributed by atoms with Gasteiger partial charge in [0.2, 0.25) is 0 Å². The molecule has 106 valence electrons. The van der Waals surface area contributed by atoms with Gasteiger partial charge in [-0.25, -0.2) is 0 Å². The molecule has 0 bridgehead atoms. The molecule has 1 aliphatic rings. The minimum absolute atomic E-state index is 0.0650. The fraction of sp³-hybridized carbons (Fsp3) is 0.625. The molecular weight excluding hydrogens is 236 g/mol. The van der Waals surface area contributed by atoms with Crippen molar-refractivity contribution in [2.24, 2.45) is 0 Å². The summed E-state index contributed by atoms with van der Waals surface area (Å²) in [6.07, 6.45) is 0.791. The maximum absolute atomic E-state index is 10.1. The summed E-state index contributed by atoms with van der Waals surface area (Å²) < 4.78 is 0. The second-order valence-electron chi connectivity index (χ2n) is 6.54. The molecule has 1 aliphatic heterocycles. The Bertz CT molecular complexity index is 411. The Hall–Kier alpha value is -0.900. The molecule has 2 N–H and O–H groups in total. The van der Waals surface area contributed by atoms with Crippen molar-refractivity contribution in [1.29, 1.82) is 0 Å². The Morgan fingerprint density at radius 1 is 1.26 bits per heavy atom. The predicted molar refractivity (Wildman–Crippen MR) is 79.2 cm³/mol. The molecule has 0 aromatic heterocycles. The van der Waals surface area contributed by atoms with Gasteiger partial charge in [0, 0.05) is 31.7 Å². The molecule has 1 atom stereocenters. The molecule has 1 aromatic carbocycles. The first kappa shape index (κ1) is 14.5. The second kappa shape index (κ2) is 6.04. The molecule has 0 saturated heterocycles. The van der Waals surface area contributed by atoms with Crippen LogP contribution in [0.5, 0.6) is 0 Å². The molecule has 19 heavy (non-hydrogen) atoms. The van der Waals surface area contributed by atoms with Gasteiger partial charge in [-0.15, -0.1) is 0 Å². The summed E-state index contributed by atoms with van der Waals surface area (Å²) in [5.41, 5.74) is 2.93. The summed E-state index contributed by atoms with van der Waals surface area (Å²) in [7, 11) is 0. The molecular formula is C16H26N2O. The Labute approximate surface area is 116 Å². The van der Waals surface area contributed by atoms with E-state index in [4.69, 9.17) is 0 Å². The Balaban J connectivity index is 1.82. The zero-order valence-electron chi connectivity index (χ0n) is 12.3. The number of aliphatic hydroxyl groups excluding tert-OH is 1. The maximum Gasteiger partial charge on any atom is 0.0791 e. The van der Waals surface area contributed by atoms with Crippen molar-refractivity contribution in [1.82, 2.24) is 10.2 Å². The van der Waals surface area contributed by atoms with Crippen LogP contribution in [0.15, 0.2) is 24.3 Å². The highest BCUT2D eigenvalue weighted by atomic mass is 16.3. The van der Waals surface area contributed by atoms with Gasteiger partial charge in [-0.1, -0.05) is 24.3 Å². The van der Waals surface area contributed by atoms with Gasteiger partial charge in [-0.2, -0.15) is 0 Å². The van der Waals surface area contributed by atoms with Crippen LogP contribution >= 0.6 is 0 Å². The largest absolute Gasteiger partial charge is 0.390 e. The van der Waals surface area contributed by atoms with E-state index in [0.717, 1.165) is 26.1 Å². The van der Waals surface area contributed by atoms with E-state index in [1.54, 1.807) is 0 Å². The first-order valence-electron chi connectivity index (χ1n) is 7.16. The summed E-state index contributed by atoms with van der Waals surface area (Å²) in [6, 6.07) is 8.61. The maximum atomic E-state index is 10.1. The van der Waals surface area contributed by atoms with Gasteiger partial charge < -0.3 is 10.4 Å². The van der Waals surface area contributed by atoms with Crippen LogP contribution in [0.3, 0.4) is 0 Å². The van der Waals surface area contributed by atoms with Crippen molar-refractivity contribution in [3.05, 3.63) is 35.4 Å². The predicted octanol–water partition coefficient (Wildman–Crippen LogP) is 1.79. The monoisotopic (exact) mass is 262 g/mol. The molecule has 3 nitrogen and oxygen atoms in total. The zero-order valence-corrected chi connectivity index (χ0v) is 12.3. The summed E-state index contributed by atoms with van der Waals surface area (Å²) in [5, 5.41) is 13.5. The van der Waals surface area contributed by atoms with E-state index < -0.39 is 0 Å². The second-order valence-corrected chi connectivity index (χ2v) is 6.54. The van der Waals surface area contributed by atoms with Gasteiger partial charge in [0.1, 0.15) is 0 Å². The fourth-order valence-electron chi connectivity index (χ4n) is 2.50. The van der Waals surface area contributed by atoms with E-state index in [1.165, 1.54) is 11.1 Å². The van der Waals surface area contributed by atoms with E-state index in [1.807, 2.05) is 0 Å². The molecule has 0 radical (unpaired) electrons. The lowest BCUT2D eigenvalue weighted by molar-refractivity contribution is 0.0987. The molecule has 0 saturated carbocycles. The number of nitrogens with zero attached hydrogens (tertiary/aromatic N) is 1. The standard InChI is InChI=1S/C16H26N2O/c1-16(2,3)17-10-15(19)12-18-9-8-13-6-4-5-7-14(13)11-18/h4-7,15,17,19H,8-12H2,1-3H3. The van der Waals surface area contributed by atoms with Crippen LogP contribution in [0.2, 0.25) is 0 Å². The van der Waals surface area contributed by atoms with Crippen LogP contribution in [-0.2, 0) is 13.0 Å². The highest BCUT2D eigenvalue weighted by molar-refractivity contribution is 5.29. The van der Waals surface area contributed by atoms with E-state index >= 15 is 0 Å². The average molecular weight is 262 g/mol. The Morgan fingerprint density at radius 3 is 2.63 bits per heavy atom. The highest BCUT2D eigenvalue weighted by Crippen LogP contribution is 2.18. The third kappa shape index (κ3) is 4.60.